The van der Waals surface area contributed by atoms with Crippen molar-refractivity contribution in [3.05, 3.63) is 57.8 Å². The van der Waals surface area contributed by atoms with E-state index in [1.54, 1.807) is 23.0 Å². The molecule has 3 aromatic rings. The van der Waals surface area contributed by atoms with E-state index in [0.717, 1.165) is 43.0 Å². The first-order valence-corrected chi connectivity index (χ1v) is 10.8. The molecule has 2 aromatic heterocycles. The summed E-state index contributed by atoms with van der Waals surface area (Å²) in [5.41, 5.74) is 1.67. The van der Waals surface area contributed by atoms with Crippen LogP contribution in [0.4, 0.5) is 10.1 Å². The van der Waals surface area contributed by atoms with Gasteiger partial charge in [-0.2, -0.15) is 5.10 Å². The van der Waals surface area contributed by atoms with Gasteiger partial charge in [0.05, 0.1) is 26.8 Å². The Morgan fingerprint density at radius 2 is 1.83 bits per heavy atom. The Bertz CT molecular complexity index is 983. The number of hydrogen-bond acceptors (Lipinski definition) is 5. The van der Waals surface area contributed by atoms with E-state index < -0.39 is 0 Å². The third-order valence-corrected chi connectivity index (χ3v) is 6.54. The van der Waals surface area contributed by atoms with E-state index in [0.29, 0.717) is 21.6 Å². The molecule has 1 unspecified atom stereocenters. The van der Waals surface area contributed by atoms with Gasteiger partial charge < -0.3 is 9.69 Å². The molecule has 0 amide bonds. The van der Waals surface area contributed by atoms with Crippen molar-refractivity contribution in [1.29, 1.82) is 0 Å². The minimum atomic E-state index is -0.291. The number of benzene rings is 1. The molecule has 9 heteroatoms. The van der Waals surface area contributed by atoms with E-state index in [1.807, 2.05) is 12.1 Å². The van der Waals surface area contributed by atoms with Crippen LogP contribution in [0.2, 0.25) is 9.36 Å². The fraction of sp³-hybridized carbons (Fsp3) is 0.300. The van der Waals surface area contributed by atoms with Crippen LogP contribution in [-0.4, -0.2) is 53.2 Å². The van der Waals surface area contributed by atoms with Crippen molar-refractivity contribution in [2.24, 2.45) is 0 Å². The third kappa shape index (κ3) is 4.64. The van der Waals surface area contributed by atoms with Crippen LogP contribution in [0.1, 0.15) is 0 Å². The monoisotopic (exact) mass is 452 g/mol. The third-order valence-electron chi connectivity index (χ3n) is 5.03. The van der Waals surface area contributed by atoms with Crippen LogP contribution in [0.25, 0.3) is 10.6 Å². The number of halogens is 3. The van der Waals surface area contributed by atoms with Gasteiger partial charge in [0, 0.05) is 38.1 Å². The molecule has 0 spiro atoms. The highest BCUT2D eigenvalue weighted by Gasteiger charge is 2.25. The van der Waals surface area contributed by atoms with Gasteiger partial charge in [0.25, 0.3) is 0 Å². The molecular formula is C20H19Cl2FN4OS. The number of hydrogen-bond donors (Lipinski definition) is 0. The predicted molar refractivity (Wildman–Crippen MR) is 116 cm³/mol. The molecule has 0 aliphatic carbocycles. The smallest absolute Gasteiger partial charge is 0.139 e. The van der Waals surface area contributed by atoms with Gasteiger partial charge >= 0.3 is 0 Å². The second-order valence-corrected chi connectivity index (χ2v) is 8.98. The van der Waals surface area contributed by atoms with E-state index in [-0.39, 0.29) is 11.9 Å². The minimum absolute atomic E-state index is 0.240. The second-order valence-electron chi connectivity index (χ2n) is 6.85. The average Bonchev–Trinajstić information content (AvgIpc) is 3.32. The van der Waals surface area contributed by atoms with Crippen molar-refractivity contribution in [2.75, 3.05) is 31.1 Å². The number of carbonyl (C=O) groups excluding carboxylic acids is 1. The number of rotatable bonds is 6. The highest BCUT2D eigenvalue weighted by molar-refractivity contribution is 7.19. The first kappa shape index (κ1) is 20.3. The molecule has 152 valence electrons. The summed E-state index contributed by atoms with van der Waals surface area (Å²) < 4.78 is 15.5. The van der Waals surface area contributed by atoms with Gasteiger partial charge in [-0.05, 0) is 36.4 Å². The van der Waals surface area contributed by atoms with Gasteiger partial charge in [-0.3, -0.25) is 9.58 Å². The molecule has 5 nitrogen and oxygen atoms in total. The van der Waals surface area contributed by atoms with Crippen molar-refractivity contribution in [3.8, 4) is 10.6 Å². The first-order valence-electron chi connectivity index (χ1n) is 9.22. The molecule has 1 aromatic carbocycles. The maximum Gasteiger partial charge on any atom is 0.139 e. The molecule has 29 heavy (non-hydrogen) atoms. The zero-order valence-electron chi connectivity index (χ0n) is 15.5. The van der Waals surface area contributed by atoms with Crippen molar-refractivity contribution in [2.45, 2.75) is 12.6 Å². The van der Waals surface area contributed by atoms with Gasteiger partial charge in [0.1, 0.15) is 17.8 Å². The van der Waals surface area contributed by atoms with E-state index in [4.69, 9.17) is 23.2 Å². The lowest BCUT2D eigenvalue weighted by molar-refractivity contribution is -0.113. The molecule has 0 radical (unpaired) electrons. The molecule has 1 aliphatic heterocycles. The summed E-state index contributed by atoms with van der Waals surface area (Å²) in [6.45, 7) is 3.45. The lowest BCUT2D eigenvalue weighted by Gasteiger charge is -2.38. The number of aromatic nitrogens is 2. The van der Waals surface area contributed by atoms with Crippen LogP contribution < -0.4 is 4.90 Å². The summed E-state index contributed by atoms with van der Waals surface area (Å²) in [4.78, 5) is 17.0. The molecular weight excluding hydrogens is 434 g/mol. The van der Waals surface area contributed by atoms with Crippen LogP contribution in [0, 0.1) is 5.82 Å². The molecule has 4 rings (SSSR count). The lowest BCUT2D eigenvalue weighted by Crippen LogP contribution is -2.52. The average molecular weight is 453 g/mol. The quantitative estimate of drug-likeness (QED) is 0.518. The Kier molecular flexibility index (Phi) is 6.20. The Morgan fingerprint density at radius 1 is 1.10 bits per heavy atom. The SMILES string of the molecule is O=CC(Cn1cc(Cl)c(-c2ccc(Cl)s2)n1)N1CCN(c2ccc(F)cc2)CC1. The Morgan fingerprint density at radius 3 is 2.45 bits per heavy atom. The molecule has 0 bridgehead atoms. The standard InChI is InChI=1S/C20H19Cl2FN4OS/c21-17-12-27(24-20(17)18-5-6-19(22)29-18)11-16(13-28)26-9-7-25(8-10-26)15-3-1-14(23)2-4-15/h1-6,12-13,16H,7-11H2. The number of anilines is 1. The highest BCUT2D eigenvalue weighted by Crippen LogP contribution is 2.34. The molecule has 0 saturated carbocycles. The lowest BCUT2D eigenvalue weighted by atomic mass is 10.2. The summed E-state index contributed by atoms with van der Waals surface area (Å²) in [6.07, 6.45) is 2.71. The summed E-state index contributed by atoms with van der Waals surface area (Å²) in [5, 5.41) is 5.09. The van der Waals surface area contributed by atoms with E-state index in [9.17, 15) is 9.18 Å². The Balaban J connectivity index is 1.40. The Labute approximate surface area is 182 Å². The second kappa shape index (κ2) is 8.83. The fourth-order valence-corrected chi connectivity index (χ4v) is 4.85. The summed E-state index contributed by atoms with van der Waals surface area (Å²) >= 11 is 13.8. The fourth-order valence-electron chi connectivity index (χ4n) is 3.50. The largest absolute Gasteiger partial charge is 0.369 e. The number of aldehydes is 1. The van der Waals surface area contributed by atoms with E-state index in [2.05, 4.69) is 14.9 Å². The van der Waals surface area contributed by atoms with Gasteiger partial charge in [-0.15, -0.1) is 11.3 Å². The molecule has 1 saturated heterocycles. The van der Waals surface area contributed by atoms with Crippen molar-refractivity contribution < 1.29 is 9.18 Å². The molecule has 3 heterocycles. The van der Waals surface area contributed by atoms with Crippen molar-refractivity contribution in [1.82, 2.24) is 14.7 Å². The van der Waals surface area contributed by atoms with Crippen LogP contribution in [0.15, 0.2) is 42.6 Å². The molecule has 1 fully saturated rings. The predicted octanol–water partition coefficient (Wildman–Crippen LogP) is 4.45. The molecule has 1 atom stereocenters. The molecule has 0 N–H and O–H groups in total. The van der Waals surface area contributed by atoms with Crippen LogP contribution in [0.5, 0.6) is 0 Å². The maximum absolute atomic E-state index is 13.1. The Hall–Kier alpha value is -1.93. The number of carbonyl (C=O) groups is 1. The summed E-state index contributed by atoms with van der Waals surface area (Å²) in [5.74, 6) is -0.240. The number of nitrogens with zero attached hydrogens (tertiary/aromatic N) is 4. The maximum atomic E-state index is 13.1. The molecule has 1 aliphatic rings. The highest BCUT2D eigenvalue weighted by atomic mass is 35.5. The summed E-state index contributed by atoms with van der Waals surface area (Å²) in [6, 6.07) is 9.91. The van der Waals surface area contributed by atoms with Crippen molar-refractivity contribution in [3.63, 3.8) is 0 Å². The number of piperazine rings is 1. The normalized spacial score (nSPS) is 16.2. The zero-order valence-corrected chi connectivity index (χ0v) is 17.8. The van der Waals surface area contributed by atoms with Crippen LogP contribution in [0.3, 0.4) is 0 Å². The van der Waals surface area contributed by atoms with E-state index in [1.165, 1.54) is 23.5 Å². The zero-order chi connectivity index (χ0) is 20.4. The topological polar surface area (TPSA) is 41.4 Å². The van der Waals surface area contributed by atoms with Crippen LogP contribution >= 0.6 is 34.5 Å². The van der Waals surface area contributed by atoms with Gasteiger partial charge in [0.15, 0.2) is 0 Å². The minimum Gasteiger partial charge on any atom is -0.369 e. The summed E-state index contributed by atoms with van der Waals surface area (Å²) in [7, 11) is 0. The van der Waals surface area contributed by atoms with Gasteiger partial charge in [-0.25, -0.2) is 4.39 Å². The first-order chi connectivity index (χ1) is 14.0. The van der Waals surface area contributed by atoms with Gasteiger partial charge in [0.2, 0.25) is 0 Å². The van der Waals surface area contributed by atoms with Crippen molar-refractivity contribution >= 4 is 46.5 Å². The van der Waals surface area contributed by atoms with Gasteiger partial charge in [-0.1, -0.05) is 23.2 Å². The van der Waals surface area contributed by atoms with Crippen LogP contribution in [-0.2, 0) is 11.3 Å². The van der Waals surface area contributed by atoms with E-state index >= 15 is 0 Å². The number of thiophene rings is 1.